The molecule has 11 N–H and O–H groups in total. The summed E-state index contributed by atoms with van der Waals surface area (Å²) in [7, 11) is 0. The Balaban J connectivity index is 1.48. The zero-order valence-electron chi connectivity index (χ0n) is 22.2. The van der Waals surface area contributed by atoms with Crippen molar-refractivity contribution in [3.05, 3.63) is 70.3 Å². The number of hydrogen-bond donors (Lipinski definition) is 11. The Morgan fingerprint density at radius 1 is 0.614 bits per heavy atom. The molecule has 3 aliphatic rings. The number of phenolic OH excluding ortho intramolecular Hbond substituents is 9. The molecule has 0 saturated heterocycles. The fraction of sp³-hybridized carbons (Fsp3) is 0.200. The third-order valence-electron chi connectivity index (χ3n) is 8.22. The van der Waals surface area contributed by atoms with Crippen LogP contribution in [0.25, 0.3) is 0 Å². The minimum absolute atomic E-state index is 0.0261. The number of fused-ring (bicyclic) bond motifs is 8. The molecular formula is C30H24O14. The molecule has 0 unspecified atom stereocenters. The Bertz CT molecular complexity index is 1840. The molecule has 0 aliphatic carbocycles. The number of phenols is 9. The van der Waals surface area contributed by atoms with Crippen molar-refractivity contribution in [3.63, 3.8) is 0 Å². The molecule has 0 amide bonds. The number of rotatable bonds is 2. The second kappa shape index (κ2) is 8.95. The summed E-state index contributed by atoms with van der Waals surface area (Å²) in [6.45, 7) is 0. The summed E-state index contributed by atoms with van der Waals surface area (Å²) in [5.74, 6) is -9.88. The van der Waals surface area contributed by atoms with Gasteiger partial charge in [-0.15, -0.1) is 0 Å². The first kappa shape index (κ1) is 27.2. The highest BCUT2D eigenvalue weighted by molar-refractivity contribution is 5.68. The SMILES string of the molecule is Oc1cc(O)c2c(c1)O[C@]1(c3cc(O)c(O)c(O)c3)Oc3cc(O)c4c(c3[C@H]2[C@@H]1O)O[C@H](c1cc(O)c(O)c(O)c1)[C@H](O)C4. The van der Waals surface area contributed by atoms with Gasteiger partial charge >= 0.3 is 5.79 Å². The molecular weight excluding hydrogens is 584 g/mol. The Labute approximate surface area is 246 Å². The number of aliphatic hydroxyl groups is 2. The van der Waals surface area contributed by atoms with Gasteiger partial charge in [0.1, 0.15) is 40.6 Å². The molecule has 7 rings (SSSR count). The van der Waals surface area contributed by atoms with Gasteiger partial charge in [-0.2, -0.15) is 0 Å². The molecule has 14 heteroatoms. The van der Waals surface area contributed by atoms with E-state index in [1.807, 2.05) is 0 Å². The highest BCUT2D eigenvalue weighted by atomic mass is 16.7. The lowest BCUT2D eigenvalue weighted by molar-refractivity contribution is -0.219. The zero-order valence-corrected chi connectivity index (χ0v) is 22.2. The molecule has 228 valence electrons. The molecule has 5 atom stereocenters. The van der Waals surface area contributed by atoms with Crippen LogP contribution in [-0.2, 0) is 12.2 Å². The molecule has 0 saturated carbocycles. The van der Waals surface area contributed by atoms with E-state index in [-0.39, 0.29) is 51.5 Å². The lowest BCUT2D eigenvalue weighted by Crippen LogP contribution is -2.57. The van der Waals surface area contributed by atoms with Crippen molar-refractivity contribution in [2.75, 3.05) is 0 Å². The average molecular weight is 609 g/mol. The van der Waals surface area contributed by atoms with Gasteiger partial charge in [0.15, 0.2) is 40.6 Å². The van der Waals surface area contributed by atoms with Gasteiger partial charge in [0, 0.05) is 52.4 Å². The lowest BCUT2D eigenvalue weighted by atomic mass is 9.74. The van der Waals surface area contributed by atoms with Crippen LogP contribution in [0.3, 0.4) is 0 Å². The van der Waals surface area contributed by atoms with Crippen molar-refractivity contribution < 1.29 is 70.4 Å². The van der Waals surface area contributed by atoms with Crippen LogP contribution >= 0.6 is 0 Å². The van der Waals surface area contributed by atoms with Crippen LogP contribution in [-0.4, -0.2) is 68.4 Å². The standard InChI is InChI=1S/C30H24O14/c31-11-5-14(33)22-20(6-11)43-30(10-3-17(36)26(40)18(37)4-10)29(41)24(22)23-21(44-30)8-13(32)12-7-19(38)27(42-28(12)23)9-1-15(34)25(39)16(35)2-9/h1-6,8,19,24,27,29,31-41H,7H2/t19-,24+,27-,29+,30-/m1/s1. The summed E-state index contributed by atoms with van der Waals surface area (Å²) in [6, 6.07) is 7.40. The number of benzene rings is 4. The zero-order chi connectivity index (χ0) is 31.4. The third kappa shape index (κ3) is 3.61. The maximum absolute atomic E-state index is 11.9. The van der Waals surface area contributed by atoms with Crippen LogP contribution in [0.1, 0.15) is 39.8 Å². The maximum atomic E-state index is 11.9. The van der Waals surface area contributed by atoms with E-state index in [2.05, 4.69) is 0 Å². The van der Waals surface area contributed by atoms with Gasteiger partial charge in [-0.25, -0.2) is 0 Å². The summed E-state index contributed by atoms with van der Waals surface area (Å²) < 4.78 is 18.4. The van der Waals surface area contributed by atoms with E-state index < -0.39 is 81.8 Å². The average Bonchev–Trinajstić information content (AvgIpc) is 2.94. The van der Waals surface area contributed by atoms with Crippen LogP contribution in [0, 0.1) is 0 Å². The first-order chi connectivity index (χ1) is 20.8. The largest absolute Gasteiger partial charge is 0.508 e. The predicted octanol–water partition coefficient (Wildman–Crippen LogP) is 2.20. The van der Waals surface area contributed by atoms with Crippen LogP contribution in [0.2, 0.25) is 0 Å². The molecule has 44 heavy (non-hydrogen) atoms. The van der Waals surface area contributed by atoms with Crippen molar-refractivity contribution in [2.24, 2.45) is 0 Å². The van der Waals surface area contributed by atoms with Crippen LogP contribution < -0.4 is 14.2 Å². The first-order valence-electron chi connectivity index (χ1n) is 13.2. The molecule has 2 bridgehead atoms. The van der Waals surface area contributed by atoms with Gasteiger partial charge in [-0.05, 0) is 24.3 Å². The number of ether oxygens (including phenoxy) is 3. The summed E-state index contributed by atoms with van der Waals surface area (Å²) in [4.78, 5) is 0. The van der Waals surface area contributed by atoms with Crippen LogP contribution in [0.15, 0.2) is 42.5 Å². The van der Waals surface area contributed by atoms with Gasteiger partial charge in [0.2, 0.25) is 0 Å². The van der Waals surface area contributed by atoms with E-state index in [1.165, 1.54) is 6.07 Å². The number of aromatic hydroxyl groups is 9. The summed E-state index contributed by atoms with van der Waals surface area (Å²) in [5.41, 5.74) is -0.00268. The molecule has 0 radical (unpaired) electrons. The Morgan fingerprint density at radius 3 is 1.80 bits per heavy atom. The second-order valence-corrected chi connectivity index (χ2v) is 10.9. The van der Waals surface area contributed by atoms with Crippen molar-refractivity contribution >= 4 is 0 Å². The van der Waals surface area contributed by atoms with Gasteiger partial charge in [0.05, 0.1) is 12.0 Å². The van der Waals surface area contributed by atoms with Crippen molar-refractivity contribution in [3.8, 4) is 69.0 Å². The number of aliphatic hydroxyl groups excluding tert-OH is 2. The van der Waals surface area contributed by atoms with E-state index in [9.17, 15) is 56.2 Å². The monoisotopic (exact) mass is 608 g/mol. The van der Waals surface area contributed by atoms with Crippen molar-refractivity contribution in [1.82, 2.24) is 0 Å². The fourth-order valence-corrected chi connectivity index (χ4v) is 6.23. The van der Waals surface area contributed by atoms with Crippen molar-refractivity contribution in [1.29, 1.82) is 0 Å². The quantitative estimate of drug-likeness (QED) is 0.146. The smallest absolute Gasteiger partial charge is 0.305 e. The first-order valence-corrected chi connectivity index (χ1v) is 13.2. The van der Waals surface area contributed by atoms with Gasteiger partial charge in [0.25, 0.3) is 0 Å². The molecule has 3 heterocycles. The minimum atomic E-state index is -2.30. The molecule has 0 spiro atoms. The van der Waals surface area contributed by atoms with E-state index >= 15 is 0 Å². The second-order valence-electron chi connectivity index (χ2n) is 10.9. The van der Waals surface area contributed by atoms with Crippen LogP contribution in [0.4, 0.5) is 0 Å². The maximum Gasteiger partial charge on any atom is 0.305 e. The highest BCUT2D eigenvalue weighted by Crippen LogP contribution is 2.62. The molecule has 14 nitrogen and oxygen atoms in total. The van der Waals surface area contributed by atoms with E-state index in [0.717, 1.165) is 36.4 Å². The Morgan fingerprint density at radius 2 is 1.18 bits per heavy atom. The molecule has 0 aromatic heterocycles. The van der Waals surface area contributed by atoms with E-state index in [1.54, 1.807) is 0 Å². The van der Waals surface area contributed by atoms with Crippen LogP contribution in [0.5, 0.6) is 69.0 Å². The summed E-state index contributed by atoms with van der Waals surface area (Å²) in [6.07, 6.45) is -4.63. The van der Waals surface area contributed by atoms with Gasteiger partial charge in [-0.3, -0.25) is 0 Å². The van der Waals surface area contributed by atoms with Gasteiger partial charge in [-0.1, -0.05) is 0 Å². The molecule has 4 aromatic rings. The highest BCUT2D eigenvalue weighted by Gasteiger charge is 2.60. The Hall–Kier alpha value is -5.60. The summed E-state index contributed by atoms with van der Waals surface area (Å²) >= 11 is 0. The lowest BCUT2D eigenvalue weighted by Gasteiger charge is -2.50. The molecule has 0 fully saturated rings. The van der Waals surface area contributed by atoms with E-state index in [4.69, 9.17) is 14.2 Å². The molecule has 4 aromatic carbocycles. The summed E-state index contributed by atoms with van der Waals surface area (Å²) in [5, 5.41) is 116. The molecule has 3 aliphatic heterocycles. The van der Waals surface area contributed by atoms with E-state index in [0.29, 0.717) is 0 Å². The fourth-order valence-electron chi connectivity index (χ4n) is 6.23. The predicted molar refractivity (Wildman–Crippen MR) is 145 cm³/mol. The Kier molecular flexibility index (Phi) is 5.54. The topological polar surface area (TPSA) is 250 Å². The van der Waals surface area contributed by atoms with Gasteiger partial charge < -0.3 is 70.4 Å². The third-order valence-corrected chi connectivity index (χ3v) is 8.22. The minimum Gasteiger partial charge on any atom is -0.508 e. The van der Waals surface area contributed by atoms with Crippen molar-refractivity contribution in [2.45, 2.75) is 36.4 Å². The normalized spacial score (nSPS) is 24.6. The number of hydrogen-bond acceptors (Lipinski definition) is 14.